The van der Waals surface area contributed by atoms with Gasteiger partial charge in [0.05, 0.1) is 23.5 Å². The minimum absolute atomic E-state index is 0.00744. The van der Waals surface area contributed by atoms with Crippen molar-refractivity contribution in [3.63, 3.8) is 0 Å². The minimum Gasteiger partial charge on any atom is -0.371 e. The van der Waals surface area contributed by atoms with E-state index >= 15 is 0 Å². The summed E-state index contributed by atoms with van der Waals surface area (Å²) >= 11 is 0. The maximum Gasteiger partial charge on any atom is 0.216 e. The first-order valence-corrected chi connectivity index (χ1v) is 19.0. The molecule has 16 heteroatoms. The van der Waals surface area contributed by atoms with Crippen molar-refractivity contribution < 1.29 is 8.78 Å². The lowest BCUT2D eigenvalue weighted by molar-refractivity contribution is 0.557. The second kappa shape index (κ2) is 15.1. The summed E-state index contributed by atoms with van der Waals surface area (Å²) < 4.78 is 28.4. The Kier molecular flexibility index (Phi) is 9.53. The highest BCUT2D eigenvalue weighted by Crippen LogP contribution is 2.36. The van der Waals surface area contributed by atoms with E-state index in [4.69, 9.17) is 4.98 Å². The highest BCUT2D eigenvalue weighted by molar-refractivity contribution is 5.59. The predicted molar refractivity (Wildman–Crippen MR) is 207 cm³/mol. The van der Waals surface area contributed by atoms with E-state index in [1.807, 2.05) is 18.5 Å². The van der Waals surface area contributed by atoms with E-state index in [2.05, 4.69) is 78.3 Å². The van der Waals surface area contributed by atoms with Gasteiger partial charge in [-0.05, 0) is 38.8 Å². The van der Waals surface area contributed by atoms with Crippen molar-refractivity contribution in [1.29, 1.82) is 0 Å². The summed E-state index contributed by atoms with van der Waals surface area (Å²) in [7, 11) is 0. The monoisotopic (exact) mass is 754 g/mol. The van der Waals surface area contributed by atoms with Crippen molar-refractivity contribution in [3.05, 3.63) is 108 Å². The van der Waals surface area contributed by atoms with Crippen LogP contribution in [0.3, 0.4) is 0 Å². The zero-order valence-electron chi connectivity index (χ0n) is 31.2. The third kappa shape index (κ3) is 7.02. The molecule has 2 saturated heterocycles. The van der Waals surface area contributed by atoms with Crippen LogP contribution in [-0.2, 0) is 12.8 Å². The lowest BCUT2D eigenvalue weighted by atomic mass is 9.99. The molecule has 0 N–H and O–H groups in total. The van der Waals surface area contributed by atoms with E-state index in [1.54, 1.807) is 36.9 Å². The van der Waals surface area contributed by atoms with Gasteiger partial charge in [-0.3, -0.25) is 0 Å². The lowest BCUT2D eigenvalue weighted by Crippen LogP contribution is -2.39. The van der Waals surface area contributed by atoms with Gasteiger partial charge in [-0.25, -0.2) is 54.2 Å². The average molecular weight is 755 g/mol. The maximum atomic E-state index is 14.2. The normalized spacial score (nSPS) is 18.6. The van der Waals surface area contributed by atoms with Crippen LogP contribution < -0.4 is 19.6 Å². The van der Waals surface area contributed by atoms with Crippen LogP contribution in [0.25, 0.3) is 23.3 Å². The molecule has 56 heavy (non-hydrogen) atoms. The molecule has 4 aliphatic rings. The summed E-state index contributed by atoms with van der Waals surface area (Å²) in [5.41, 5.74) is 4.94. The second-order valence-corrected chi connectivity index (χ2v) is 14.3. The van der Waals surface area contributed by atoms with E-state index < -0.39 is 5.95 Å². The van der Waals surface area contributed by atoms with Crippen LogP contribution in [-0.4, -0.2) is 89.1 Å². The van der Waals surface area contributed by atoms with E-state index in [9.17, 15) is 8.78 Å². The summed E-state index contributed by atoms with van der Waals surface area (Å²) in [4.78, 5) is 52.6. The molecule has 10 rings (SSSR count). The molecular weight excluding hydrogens is 715 g/mol. The fourth-order valence-electron chi connectivity index (χ4n) is 7.50. The first kappa shape index (κ1) is 35.4. The maximum absolute atomic E-state index is 14.2. The molecule has 2 fully saturated rings. The van der Waals surface area contributed by atoms with E-state index in [-0.39, 0.29) is 17.9 Å². The van der Waals surface area contributed by atoms with Crippen LogP contribution in [0.15, 0.2) is 73.6 Å². The zero-order chi connectivity index (χ0) is 38.2. The van der Waals surface area contributed by atoms with E-state index in [0.717, 1.165) is 93.2 Å². The minimum atomic E-state index is -0.440. The Morgan fingerprint density at radius 1 is 0.518 bits per heavy atom. The number of pyridine rings is 2. The molecule has 0 radical (unpaired) electrons. The van der Waals surface area contributed by atoms with Crippen molar-refractivity contribution in [1.82, 2.24) is 49.8 Å². The molecule has 0 saturated carbocycles. The number of hydrogen-bond acceptors (Lipinski definition) is 14. The molecule has 0 spiro atoms. The standard InChI is InChI=1S/2C20H20FN7/c1-13-15-12-24-20(19-22-5-2-6-23-19)25-16(15)4-9-28(13)18-11-14(10-17(21)26-18)27-7-3-8-27;1-13-15-12-24-20(19-22-5-2-6-23-19)25-16(15)4-9-28(13)18-11-14(21)10-17(26-18)27-7-3-8-27/h2*2,5-6,10-13H,3-4,7-9H2,1H3. The Morgan fingerprint density at radius 2 is 1.02 bits per heavy atom. The third-order valence-electron chi connectivity index (χ3n) is 10.9. The van der Waals surface area contributed by atoms with Gasteiger partial charge in [0, 0.05) is 130 Å². The van der Waals surface area contributed by atoms with Crippen LogP contribution in [0.1, 0.15) is 61.3 Å². The molecule has 14 nitrogen and oxygen atoms in total. The molecule has 4 aliphatic heterocycles. The van der Waals surface area contributed by atoms with Gasteiger partial charge in [-0.15, -0.1) is 0 Å². The molecule has 2 atom stereocenters. The van der Waals surface area contributed by atoms with Gasteiger partial charge < -0.3 is 19.6 Å². The van der Waals surface area contributed by atoms with Crippen LogP contribution in [0.2, 0.25) is 0 Å². The average Bonchev–Trinajstić information content (AvgIpc) is 3.17. The number of fused-ring (bicyclic) bond motifs is 2. The molecule has 6 aromatic heterocycles. The number of hydrogen-bond donors (Lipinski definition) is 0. The van der Waals surface area contributed by atoms with E-state index in [1.165, 1.54) is 18.2 Å². The summed E-state index contributed by atoms with van der Waals surface area (Å²) in [5.74, 6) is 3.45. The molecule has 0 aromatic carbocycles. The van der Waals surface area contributed by atoms with Gasteiger partial charge in [0.15, 0.2) is 23.3 Å². The SMILES string of the molecule is CC1c2cnc(-c3ncccn3)nc2CCN1c1cc(F)cc(N2CCC2)n1.CC1c2cnc(-c3ncccn3)nc2CCN1c1cc(N2CCC2)cc(F)n1. The Morgan fingerprint density at radius 3 is 1.52 bits per heavy atom. The highest BCUT2D eigenvalue weighted by Gasteiger charge is 2.30. The summed E-state index contributed by atoms with van der Waals surface area (Å²) in [6.07, 6.45) is 14.1. The third-order valence-corrected chi connectivity index (χ3v) is 10.9. The van der Waals surface area contributed by atoms with Crippen molar-refractivity contribution in [2.45, 2.75) is 51.6 Å². The van der Waals surface area contributed by atoms with Gasteiger partial charge in [0.25, 0.3) is 0 Å². The van der Waals surface area contributed by atoms with Crippen LogP contribution in [0.5, 0.6) is 0 Å². The number of halogens is 2. The molecule has 10 heterocycles. The highest BCUT2D eigenvalue weighted by atomic mass is 19.1. The Balaban J connectivity index is 0.000000146. The van der Waals surface area contributed by atoms with Crippen LogP contribution >= 0.6 is 0 Å². The molecule has 284 valence electrons. The molecular formula is C40H40F2N14. The topological polar surface area (TPSA) is 142 Å². The predicted octanol–water partition coefficient (Wildman–Crippen LogP) is 5.60. The number of anilines is 4. The largest absolute Gasteiger partial charge is 0.371 e. The Bertz CT molecular complexity index is 2180. The first-order valence-electron chi connectivity index (χ1n) is 19.0. The molecule has 0 amide bonds. The zero-order valence-corrected chi connectivity index (χ0v) is 31.2. The molecule has 6 aromatic rings. The van der Waals surface area contributed by atoms with Gasteiger partial charge in [-0.2, -0.15) is 4.39 Å². The molecule has 0 bridgehead atoms. The fourth-order valence-corrected chi connectivity index (χ4v) is 7.50. The smallest absolute Gasteiger partial charge is 0.216 e. The summed E-state index contributed by atoms with van der Waals surface area (Å²) in [5, 5.41) is 0. The number of aromatic nitrogens is 10. The first-order chi connectivity index (χ1) is 27.4. The molecule has 0 aliphatic carbocycles. The summed E-state index contributed by atoms with van der Waals surface area (Å²) in [6.45, 7) is 9.41. The Hall–Kier alpha value is -6.32. The van der Waals surface area contributed by atoms with Gasteiger partial charge in [-0.1, -0.05) is 0 Å². The second-order valence-electron chi connectivity index (χ2n) is 14.3. The van der Waals surface area contributed by atoms with Crippen LogP contribution in [0.4, 0.5) is 31.9 Å². The van der Waals surface area contributed by atoms with Gasteiger partial charge >= 0.3 is 0 Å². The van der Waals surface area contributed by atoms with E-state index in [0.29, 0.717) is 40.8 Å². The van der Waals surface area contributed by atoms with Crippen molar-refractivity contribution in [3.8, 4) is 23.3 Å². The van der Waals surface area contributed by atoms with Crippen LogP contribution in [0, 0.1) is 11.8 Å². The quantitative estimate of drug-likeness (QED) is 0.195. The summed E-state index contributed by atoms with van der Waals surface area (Å²) in [6, 6.07) is 10.1. The van der Waals surface area contributed by atoms with Crippen molar-refractivity contribution in [2.24, 2.45) is 0 Å². The van der Waals surface area contributed by atoms with Gasteiger partial charge in [0.2, 0.25) is 5.95 Å². The lowest BCUT2D eigenvalue weighted by Gasteiger charge is -2.37. The number of nitrogens with zero attached hydrogens (tertiary/aromatic N) is 14. The molecule has 2 unspecified atom stereocenters. The van der Waals surface area contributed by atoms with Crippen molar-refractivity contribution in [2.75, 3.05) is 58.9 Å². The van der Waals surface area contributed by atoms with Gasteiger partial charge in [0.1, 0.15) is 23.3 Å². The number of rotatable bonds is 6. The fraction of sp³-hybridized carbons (Fsp3) is 0.350. The Labute approximate surface area is 322 Å². The van der Waals surface area contributed by atoms with Crippen molar-refractivity contribution >= 4 is 23.1 Å².